The molecule has 1 N–H and O–H groups in total. The van der Waals surface area contributed by atoms with Crippen molar-refractivity contribution in [2.45, 2.75) is 26.2 Å². The van der Waals surface area contributed by atoms with Crippen molar-refractivity contribution in [3.8, 4) is 17.2 Å². The van der Waals surface area contributed by atoms with E-state index in [4.69, 9.17) is 30.9 Å². The number of carboxylic acids is 1. The average Bonchev–Trinajstić information content (AvgIpc) is 2.63. The largest absolute Gasteiger partial charge is 0.493 e. The summed E-state index contributed by atoms with van der Waals surface area (Å²) in [6.07, 6.45) is 0.669. The van der Waals surface area contributed by atoms with Crippen LogP contribution >= 0.6 is 11.6 Å². The topological polar surface area (TPSA) is 65.0 Å². The third-order valence-corrected chi connectivity index (χ3v) is 4.30. The van der Waals surface area contributed by atoms with Gasteiger partial charge in [0.15, 0.2) is 11.5 Å². The van der Waals surface area contributed by atoms with Crippen LogP contribution in [0.3, 0.4) is 0 Å². The van der Waals surface area contributed by atoms with E-state index in [1.807, 2.05) is 25.1 Å². The first-order valence-electron chi connectivity index (χ1n) is 8.41. The van der Waals surface area contributed by atoms with Gasteiger partial charge >= 0.3 is 5.97 Å². The van der Waals surface area contributed by atoms with Crippen LogP contribution in [0.2, 0.25) is 5.02 Å². The van der Waals surface area contributed by atoms with Crippen molar-refractivity contribution < 1.29 is 24.1 Å². The Hall–Kier alpha value is -2.40. The number of methoxy groups -OCH3 is 1. The molecule has 0 saturated carbocycles. The fourth-order valence-electron chi connectivity index (χ4n) is 2.47. The summed E-state index contributed by atoms with van der Waals surface area (Å²) in [5.74, 6) is 0.270. The Morgan fingerprint density at radius 3 is 2.46 bits per heavy atom. The number of aliphatic carboxylic acids is 1. The maximum absolute atomic E-state index is 11.1. The lowest BCUT2D eigenvalue weighted by atomic mass is 10.0. The second-order valence-corrected chi connectivity index (χ2v) is 6.17. The van der Waals surface area contributed by atoms with Crippen molar-refractivity contribution in [1.29, 1.82) is 0 Å². The van der Waals surface area contributed by atoms with Gasteiger partial charge in [0.25, 0.3) is 0 Å². The summed E-state index contributed by atoms with van der Waals surface area (Å²) < 4.78 is 16.5. The molecule has 0 saturated heterocycles. The predicted octanol–water partition coefficient (Wildman–Crippen LogP) is 4.56. The van der Waals surface area contributed by atoms with Crippen molar-refractivity contribution >= 4 is 17.6 Å². The van der Waals surface area contributed by atoms with Gasteiger partial charge in [0.2, 0.25) is 0 Å². The zero-order valence-electron chi connectivity index (χ0n) is 15.1. The molecule has 2 aromatic rings. The van der Waals surface area contributed by atoms with Gasteiger partial charge in [-0.25, -0.2) is 0 Å². The van der Waals surface area contributed by atoms with E-state index >= 15 is 0 Å². The average molecular weight is 379 g/mol. The lowest BCUT2D eigenvalue weighted by Crippen LogP contribution is -2.08. The Labute approximate surface area is 158 Å². The Morgan fingerprint density at radius 2 is 1.85 bits per heavy atom. The van der Waals surface area contributed by atoms with Gasteiger partial charge in [0.1, 0.15) is 5.75 Å². The van der Waals surface area contributed by atoms with Crippen molar-refractivity contribution in [3.05, 3.63) is 52.5 Å². The van der Waals surface area contributed by atoms with Gasteiger partial charge in [-0.05, 0) is 49.2 Å². The minimum Gasteiger partial charge on any atom is -0.493 e. The monoisotopic (exact) mass is 378 g/mol. The number of hydrogen-bond acceptors (Lipinski definition) is 4. The summed E-state index contributed by atoms with van der Waals surface area (Å²) in [7, 11) is 1.53. The summed E-state index contributed by atoms with van der Waals surface area (Å²) in [5, 5.41) is 9.70. The van der Waals surface area contributed by atoms with Crippen LogP contribution in [-0.2, 0) is 11.2 Å². The first-order valence-corrected chi connectivity index (χ1v) is 8.78. The molecule has 2 aromatic carbocycles. The maximum atomic E-state index is 11.1. The Bertz CT molecular complexity index is 760. The van der Waals surface area contributed by atoms with Gasteiger partial charge in [-0.3, -0.25) is 4.79 Å². The molecular weight excluding hydrogens is 356 g/mol. The van der Waals surface area contributed by atoms with Crippen molar-refractivity contribution in [2.24, 2.45) is 0 Å². The molecule has 0 heterocycles. The Morgan fingerprint density at radius 1 is 1.12 bits per heavy atom. The summed E-state index contributed by atoms with van der Waals surface area (Å²) in [6, 6.07) is 10.8. The van der Waals surface area contributed by atoms with E-state index in [0.717, 1.165) is 5.56 Å². The fourth-order valence-corrected chi connectivity index (χ4v) is 2.72. The Kier molecular flexibility index (Phi) is 7.16. The SMILES string of the molecule is CCOc1ccc(CCOc2ccc(C(C)C(=O)O)cc2OC)cc1Cl. The fraction of sp³-hybridized carbons (Fsp3) is 0.350. The van der Waals surface area contributed by atoms with E-state index < -0.39 is 11.9 Å². The molecule has 0 amide bonds. The quantitative estimate of drug-likeness (QED) is 0.693. The molecule has 6 heteroatoms. The molecule has 140 valence electrons. The van der Waals surface area contributed by atoms with Gasteiger partial charge in [-0.2, -0.15) is 0 Å². The lowest BCUT2D eigenvalue weighted by molar-refractivity contribution is -0.138. The first kappa shape index (κ1) is 19.9. The molecule has 0 aromatic heterocycles. The number of ether oxygens (including phenoxy) is 3. The molecule has 0 aliphatic heterocycles. The zero-order chi connectivity index (χ0) is 19.1. The van der Waals surface area contributed by atoms with Crippen LogP contribution in [0.25, 0.3) is 0 Å². The number of halogens is 1. The molecular formula is C20H23ClO5. The minimum atomic E-state index is -0.881. The van der Waals surface area contributed by atoms with Crippen LogP contribution < -0.4 is 14.2 Å². The second-order valence-electron chi connectivity index (χ2n) is 5.77. The van der Waals surface area contributed by atoms with Gasteiger partial charge in [-0.1, -0.05) is 23.7 Å². The maximum Gasteiger partial charge on any atom is 0.310 e. The van der Waals surface area contributed by atoms with Crippen molar-refractivity contribution in [1.82, 2.24) is 0 Å². The van der Waals surface area contributed by atoms with Gasteiger partial charge < -0.3 is 19.3 Å². The number of carbonyl (C=O) groups is 1. The van der Waals surface area contributed by atoms with Crippen LogP contribution in [0.1, 0.15) is 30.9 Å². The number of rotatable bonds is 9. The van der Waals surface area contributed by atoms with Crippen LogP contribution in [0.5, 0.6) is 17.2 Å². The number of benzene rings is 2. The van der Waals surface area contributed by atoms with Gasteiger partial charge in [0.05, 0.1) is 31.3 Å². The smallest absolute Gasteiger partial charge is 0.310 e. The second kappa shape index (κ2) is 9.34. The van der Waals surface area contributed by atoms with Crippen LogP contribution in [0.4, 0.5) is 0 Å². The molecule has 1 atom stereocenters. The third-order valence-electron chi connectivity index (χ3n) is 4.00. The van der Waals surface area contributed by atoms with E-state index in [-0.39, 0.29) is 0 Å². The first-order chi connectivity index (χ1) is 12.5. The van der Waals surface area contributed by atoms with E-state index in [1.165, 1.54) is 7.11 Å². The van der Waals surface area contributed by atoms with Crippen LogP contribution in [0.15, 0.2) is 36.4 Å². The summed E-state index contributed by atoms with van der Waals surface area (Å²) in [5.41, 5.74) is 1.70. The number of carboxylic acid groups (broad SMARTS) is 1. The molecule has 0 spiro atoms. The highest BCUT2D eigenvalue weighted by Gasteiger charge is 2.16. The molecule has 0 radical (unpaired) electrons. The number of hydrogen-bond donors (Lipinski definition) is 1. The molecule has 0 aliphatic carbocycles. The molecule has 0 bridgehead atoms. The minimum absolute atomic E-state index is 0.439. The normalized spacial score (nSPS) is 11.7. The molecule has 0 fully saturated rings. The molecule has 1 unspecified atom stereocenters. The van der Waals surface area contributed by atoms with Crippen LogP contribution in [0, 0.1) is 0 Å². The summed E-state index contributed by atoms with van der Waals surface area (Å²) in [6.45, 7) is 4.55. The standard InChI is InChI=1S/C20H23ClO5/c1-4-25-17-7-5-14(11-16(17)21)9-10-26-18-8-6-15(12-19(18)24-3)13(2)20(22)23/h5-8,11-13H,4,9-10H2,1-3H3,(H,22,23). The summed E-state index contributed by atoms with van der Waals surface area (Å²) >= 11 is 6.19. The van der Waals surface area contributed by atoms with Gasteiger partial charge in [-0.15, -0.1) is 0 Å². The van der Waals surface area contributed by atoms with Gasteiger partial charge in [0, 0.05) is 6.42 Å². The molecule has 5 nitrogen and oxygen atoms in total. The Balaban J connectivity index is 2.01. The predicted molar refractivity (Wildman–Crippen MR) is 101 cm³/mol. The van der Waals surface area contributed by atoms with Crippen LogP contribution in [-0.4, -0.2) is 31.4 Å². The lowest BCUT2D eigenvalue weighted by Gasteiger charge is -2.14. The molecule has 0 aliphatic rings. The summed E-state index contributed by atoms with van der Waals surface area (Å²) in [4.78, 5) is 11.1. The van der Waals surface area contributed by atoms with E-state index in [0.29, 0.717) is 47.5 Å². The van der Waals surface area contributed by atoms with Crippen molar-refractivity contribution in [3.63, 3.8) is 0 Å². The molecule has 2 rings (SSSR count). The van der Waals surface area contributed by atoms with E-state index in [1.54, 1.807) is 25.1 Å². The van der Waals surface area contributed by atoms with E-state index in [2.05, 4.69) is 0 Å². The highest BCUT2D eigenvalue weighted by atomic mass is 35.5. The molecule has 26 heavy (non-hydrogen) atoms. The zero-order valence-corrected chi connectivity index (χ0v) is 15.9. The van der Waals surface area contributed by atoms with E-state index in [9.17, 15) is 4.79 Å². The highest BCUT2D eigenvalue weighted by Crippen LogP contribution is 2.31. The third kappa shape index (κ3) is 5.05. The highest BCUT2D eigenvalue weighted by molar-refractivity contribution is 6.32. The van der Waals surface area contributed by atoms with Crippen molar-refractivity contribution in [2.75, 3.05) is 20.3 Å².